The van der Waals surface area contributed by atoms with Crippen LogP contribution in [0.1, 0.15) is 38.5 Å². The molecule has 0 aliphatic heterocycles. The second-order valence-corrected chi connectivity index (χ2v) is 6.03. The van der Waals surface area contributed by atoms with Crippen LogP contribution in [-0.2, 0) is 0 Å². The molecule has 0 N–H and O–H groups in total. The maximum atomic E-state index is 2.57. The van der Waals surface area contributed by atoms with E-state index in [1.54, 1.807) is 16.7 Å². The molecule has 0 aromatic carbocycles. The van der Waals surface area contributed by atoms with Crippen LogP contribution in [0.3, 0.4) is 0 Å². The van der Waals surface area contributed by atoms with Crippen LogP contribution in [-0.4, -0.2) is 0 Å². The Labute approximate surface area is 104 Å². The van der Waals surface area contributed by atoms with Crippen molar-refractivity contribution in [1.82, 2.24) is 0 Å². The standard InChI is InChI=1S/C17H20/c1-2-6-14-12(4-1)8-10-17-15-7-3-5-13(15)9-11-16(14)17/h3,5,9-12,14-15H,1-2,4,6-8H2/t12?,14-,15+/m0/s1. The molecule has 4 rings (SSSR count). The van der Waals surface area contributed by atoms with Gasteiger partial charge >= 0.3 is 0 Å². The summed E-state index contributed by atoms with van der Waals surface area (Å²) >= 11 is 0. The van der Waals surface area contributed by atoms with Crippen LogP contribution in [0, 0.1) is 17.8 Å². The van der Waals surface area contributed by atoms with Crippen molar-refractivity contribution in [3.8, 4) is 0 Å². The summed E-state index contributed by atoms with van der Waals surface area (Å²) < 4.78 is 0. The molecule has 0 heterocycles. The molecule has 17 heavy (non-hydrogen) atoms. The number of hydrogen-bond acceptors (Lipinski definition) is 0. The minimum absolute atomic E-state index is 0.720. The summed E-state index contributed by atoms with van der Waals surface area (Å²) in [7, 11) is 0. The molecule has 1 fully saturated rings. The Morgan fingerprint density at radius 1 is 0.941 bits per heavy atom. The van der Waals surface area contributed by atoms with E-state index in [0.29, 0.717) is 0 Å². The van der Waals surface area contributed by atoms with E-state index in [2.05, 4.69) is 30.4 Å². The molecule has 0 amide bonds. The maximum absolute atomic E-state index is 2.57. The third-order valence-electron chi connectivity index (χ3n) is 5.20. The average molecular weight is 224 g/mol. The zero-order valence-electron chi connectivity index (χ0n) is 10.4. The molecule has 4 aliphatic carbocycles. The summed E-state index contributed by atoms with van der Waals surface area (Å²) in [4.78, 5) is 0. The molecule has 3 atom stereocenters. The lowest BCUT2D eigenvalue weighted by atomic mass is 9.64. The van der Waals surface area contributed by atoms with E-state index >= 15 is 0 Å². The van der Waals surface area contributed by atoms with Gasteiger partial charge in [-0.1, -0.05) is 43.2 Å². The minimum atomic E-state index is 0.720. The van der Waals surface area contributed by atoms with Gasteiger partial charge < -0.3 is 0 Å². The summed E-state index contributed by atoms with van der Waals surface area (Å²) in [6, 6.07) is 0. The molecule has 0 bridgehead atoms. The van der Waals surface area contributed by atoms with Gasteiger partial charge in [-0.15, -0.1) is 0 Å². The third-order valence-corrected chi connectivity index (χ3v) is 5.20. The Balaban J connectivity index is 1.76. The highest BCUT2D eigenvalue weighted by molar-refractivity contribution is 5.53. The molecule has 1 unspecified atom stereocenters. The molecule has 0 heteroatoms. The predicted molar refractivity (Wildman–Crippen MR) is 71.6 cm³/mol. The van der Waals surface area contributed by atoms with Gasteiger partial charge in [-0.2, -0.15) is 0 Å². The van der Waals surface area contributed by atoms with Gasteiger partial charge in [0.15, 0.2) is 0 Å². The van der Waals surface area contributed by atoms with Crippen molar-refractivity contribution in [2.45, 2.75) is 38.5 Å². The Hall–Kier alpha value is -1.04. The largest absolute Gasteiger partial charge is 0.0833 e. The van der Waals surface area contributed by atoms with Gasteiger partial charge in [-0.3, -0.25) is 0 Å². The molecular weight excluding hydrogens is 204 g/mol. The molecule has 0 spiro atoms. The fourth-order valence-corrected chi connectivity index (χ4v) is 4.33. The lowest BCUT2D eigenvalue weighted by molar-refractivity contribution is 0.264. The van der Waals surface area contributed by atoms with Crippen LogP contribution in [0.5, 0.6) is 0 Å². The van der Waals surface area contributed by atoms with Crippen molar-refractivity contribution in [3.05, 3.63) is 47.1 Å². The second kappa shape index (κ2) is 3.73. The first-order valence-corrected chi connectivity index (χ1v) is 7.22. The molecule has 0 aromatic heterocycles. The van der Waals surface area contributed by atoms with Gasteiger partial charge in [0.1, 0.15) is 0 Å². The zero-order chi connectivity index (χ0) is 11.2. The Morgan fingerprint density at radius 3 is 2.88 bits per heavy atom. The van der Waals surface area contributed by atoms with Crippen LogP contribution in [0.2, 0.25) is 0 Å². The summed E-state index contributed by atoms with van der Waals surface area (Å²) in [5.74, 6) is 2.57. The van der Waals surface area contributed by atoms with Crippen molar-refractivity contribution in [1.29, 1.82) is 0 Å². The van der Waals surface area contributed by atoms with Crippen molar-refractivity contribution in [2.75, 3.05) is 0 Å². The van der Waals surface area contributed by atoms with Crippen LogP contribution < -0.4 is 0 Å². The highest BCUT2D eigenvalue weighted by atomic mass is 14.4. The van der Waals surface area contributed by atoms with Crippen molar-refractivity contribution < 1.29 is 0 Å². The predicted octanol–water partition coefficient (Wildman–Crippen LogP) is 4.57. The van der Waals surface area contributed by atoms with Gasteiger partial charge in [0.2, 0.25) is 0 Å². The number of hydrogen-bond donors (Lipinski definition) is 0. The number of rotatable bonds is 0. The van der Waals surface area contributed by atoms with Crippen LogP contribution in [0.4, 0.5) is 0 Å². The molecular formula is C17H20. The van der Waals surface area contributed by atoms with E-state index in [-0.39, 0.29) is 0 Å². The Kier molecular flexibility index (Phi) is 2.18. The van der Waals surface area contributed by atoms with Crippen molar-refractivity contribution in [2.24, 2.45) is 17.8 Å². The lowest BCUT2D eigenvalue weighted by Crippen LogP contribution is -2.28. The smallest absolute Gasteiger partial charge is 0.0123 e. The topological polar surface area (TPSA) is 0 Å². The van der Waals surface area contributed by atoms with Crippen molar-refractivity contribution >= 4 is 0 Å². The summed E-state index contributed by atoms with van der Waals surface area (Å²) in [6.07, 6.45) is 20.5. The van der Waals surface area contributed by atoms with E-state index in [9.17, 15) is 0 Å². The van der Waals surface area contributed by atoms with Gasteiger partial charge in [0, 0.05) is 5.92 Å². The first-order valence-electron chi connectivity index (χ1n) is 7.22. The van der Waals surface area contributed by atoms with Crippen LogP contribution >= 0.6 is 0 Å². The average Bonchev–Trinajstić information content (AvgIpc) is 2.86. The molecule has 0 radical (unpaired) electrons. The Bertz CT molecular complexity index is 458. The van der Waals surface area contributed by atoms with Gasteiger partial charge in [-0.05, 0) is 54.2 Å². The van der Waals surface area contributed by atoms with E-state index in [1.165, 1.54) is 38.5 Å². The SMILES string of the molecule is C1=CC2=CC=C3C(=CCC4CCCC[C@H]34)[C@@H]2C1. The van der Waals surface area contributed by atoms with E-state index < -0.39 is 0 Å². The first-order chi connectivity index (χ1) is 8.43. The molecule has 0 aromatic rings. The van der Waals surface area contributed by atoms with Crippen LogP contribution in [0.25, 0.3) is 0 Å². The number of fused-ring (bicyclic) bond motifs is 5. The van der Waals surface area contributed by atoms with E-state index in [1.807, 2.05) is 0 Å². The van der Waals surface area contributed by atoms with E-state index in [0.717, 1.165) is 17.8 Å². The fourth-order valence-electron chi connectivity index (χ4n) is 4.33. The van der Waals surface area contributed by atoms with Crippen molar-refractivity contribution in [3.63, 3.8) is 0 Å². The normalized spacial score (nSPS) is 38.6. The molecule has 88 valence electrons. The monoisotopic (exact) mass is 224 g/mol. The van der Waals surface area contributed by atoms with Gasteiger partial charge in [0.05, 0.1) is 0 Å². The van der Waals surface area contributed by atoms with Gasteiger partial charge in [-0.25, -0.2) is 0 Å². The first kappa shape index (κ1) is 9.94. The van der Waals surface area contributed by atoms with E-state index in [4.69, 9.17) is 0 Å². The van der Waals surface area contributed by atoms with Gasteiger partial charge in [0.25, 0.3) is 0 Å². The molecule has 1 saturated carbocycles. The fraction of sp³-hybridized carbons (Fsp3) is 0.529. The quantitative estimate of drug-likeness (QED) is 0.565. The lowest BCUT2D eigenvalue weighted by Gasteiger charge is -2.40. The molecule has 4 aliphatic rings. The maximum Gasteiger partial charge on any atom is 0.0123 e. The summed E-state index contributed by atoms with van der Waals surface area (Å²) in [5.41, 5.74) is 4.95. The summed E-state index contributed by atoms with van der Waals surface area (Å²) in [6.45, 7) is 0. The Morgan fingerprint density at radius 2 is 1.88 bits per heavy atom. The zero-order valence-corrected chi connectivity index (χ0v) is 10.4. The van der Waals surface area contributed by atoms with Crippen LogP contribution in [0.15, 0.2) is 47.1 Å². The molecule has 0 saturated heterocycles. The molecule has 0 nitrogen and oxygen atoms in total. The highest BCUT2D eigenvalue weighted by Crippen LogP contribution is 2.49. The highest BCUT2D eigenvalue weighted by Gasteiger charge is 2.36. The third kappa shape index (κ3) is 1.43. The minimum Gasteiger partial charge on any atom is -0.0833 e. The summed E-state index contributed by atoms with van der Waals surface area (Å²) in [5, 5.41) is 0. The second-order valence-electron chi connectivity index (χ2n) is 6.03. The number of allylic oxidation sites excluding steroid dienone is 8.